The zero-order chi connectivity index (χ0) is 11.4. The summed E-state index contributed by atoms with van der Waals surface area (Å²) < 4.78 is 12.8. The summed E-state index contributed by atoms with van der Waals surface area (Å²) in [6.45, 7) is 1.96. The van der Waals surface area contributed by atoms with E-state index in [2.05, 4.69) is 0 Å². The molecule has 1 aromatic rings. The van der Waals surface area contributed by atoms with E-state index in [0.29, 0.717) is 12.0 Å². The Hall–Kier alpha value is -0.350. The van der Waals surface area contributed by atoms with E-state index in [9.17, 15) is 9.50 Å². The van der Waals surface area contributed by atoms with Gasteiger partial charge in [0.1, 0.15) is 5.82 Å². The molecule has 5 heteroatoms. The fourth-order valence-corrected chi connectivity index (χ4v) is 1.75. The first-order valence-electron chi connectivity index (χ1n) is 4.94. The highest BCUT2D eigenvalue weighted by Gasteiger charge is 2.18. The second-order valence-electron chi connectivity index (χ2n) is 3.55. The van der Waals surface area contributed by atoms with Crippen LogP contribution in [0.2, 0.25) is 5.02 Å². The first-order chi connectivity index (χ1) is 7.06. The summed E-state index contributed by atoms with van der Waals surface area (Å²) in [4.78, 5) is 0. The summed E-state index contributed by atoms with van der Waals surface area (Å²) >= 11 is 5.84. The van der Waals surface area contributed by atoms with Crippen LogP contribution in [-0.2, 0) is 0 Å². The molecule has 1 aromatic carbocycles. The number of hydrogen-bond donors (Lipinski definition) is 2. The number of hydrogen-bond acceptors (Lipinski definition) is 2. The number of aliphatic hydroxyl groups is 1. The van der Waals surface area contributed by atoms with E-state index in [1.165, 1.54) is 18.2 Å². The van der Waals surface area contributed by atoms with Gasteiger partial charge in [-0.25, -0.2) is 4.39 Å². The summed E-state index contributed by atoms with van der Waals surface area (Å²) in [6.07, 6.45) is 0.806. The Morgan fingerprint density at radius 3 is 2.62 bits per heavy atom. The van der Waals surface area contributed by atoms with Gasteiger partial charge in [-0.2, -0.15) is 0 Å². The lowest BCUT2D eigenvalue weighted by Crippen LogP contribution is -2.26. The van der Waals surface area contributed by atoms with Gasteiger partial charge in [0.05, 0.1) is 12.1 Å². The van der Waals surface area contributed by atoms with Gasteiger partial charge in [0, 0.05) is 5.02 Å². The Bertz CT molecular complexity index is 336. The van der Waals surface area contributed by atoms with Gasteiger partial charge >= 0.3 is 0 Å². The third-order valence-electron chi connectivity index (χ3n) is 2.32. The predicted molar refractivity (Wildman–Crippen MR) is 66.5 cm³/mol. The lowest BCUT2D eigenvalue weighted by atomic mass is 9.99. The van der Waals surface area contributed by atoms with Crippen molar-refractivity contribution >= 4 is 24.0 Å². The average molecular weight is 268 g/mol. The molecule has 0 aliphatic heterocycles. The molecule has 0 heterocycles. The Balaban J connectivity index is 0.00000225. The van der Waals surface area contributed by atoms with Crippen molar-refractivity contribution in [2.24, 2.45) is 5.73 Å². The number of benzene rings is 1. The Labute approximate surface area is 106 Å². The molecule has 0 aliphatic carbocycles. The zero-order valence-electron chi connectivity index (χ0n) is 8.99. The second-order valence-corrected chi connectivity index (χ2v) is 3.95. The van der Waals surface area contributed by atoms with Gasteiger partial charge in [0.25, 0.3) is 0 Å². The summed E-state index contributed by atoms with van der Waals surface area (Å²) in [7, 11) is 0. The van der Waals surface area contributed by atoms with Crippen LogP contribution in [0.25, 0.3) is 0 Å². The molecule has 1 rings (SSSR count). The first-order valence-corrected chi connectivity index (χ1v) is 5.32. The molecule has 16 heavy (non-hydrogen) atoms. The van der Waals surface area contributed by atoms with Gasteiger partial charge in [-0.1, -0.05) is 31.0 Å². The highest BCUT2D eigenvalue weighted by molar-refractivity contribution is 6.31. The maximum Gasteiger partial charge on any atom is 0.124 e. The molecule has 0 spiro atoms. The van der Waals surface area contributed by atoms with Crippen molar-refractivity contribution in [2.75, 3.05) is 0 Å². The number of halogens is 3. The molecular weight excluding hydrogens is 252 g/mol. The van der Waals surface area contributed by atoms with Gasteiger partial charge in [-0.05, 0) is 24.1 Å². The normalized spacial score (nSPS) is 14.1. The van der Waals surface area contributed by atoms with E-state index < -0.39 is 18.0 Å². The van der Waals surface area contributed by atoms with E-state index >= 15 is 0 Å². The van der Waals surface area contributed by atoms with Crippen LogP contribution >= 0.6 is 24.0 Å². The molecule has 0 radical (unpaired) electrons. The van der Waals surface area contributed by atoms with E-state index in [0.717, 1.165) is 6.42 Å². The van der Waals surface area contributed by atoms with Gasteiger partial charge in [-0.15, -0.1) is 12.4 Å². The van der Waals surface area contributed by atoms with Crippen LogP contribution in [0.3, 0.4) is 0 Å². The minimum atomic E-state index is -0.641. The minimum absolute atomic E-state index is 0. The summed E-state index contributed by atoms with van der Waals surface area (Å²) in [5.74, 6) is -0.402. The molecule has 0 bridgehead atoms. The van der Waals surface area contributed by atoms with Crippen molar-refractivity contribution in [2.45, 2.75) is 31.9 Å². The van der Waals surface area contributed by atoms with Crippen LogP contribution in [0.5, 0.6) is 0 Å². The fourth-order valence-electron chi connectivity index (χ4n) is 1.45. The predicted octanol–water partition coefficient (Wildman–Crippen LogP) is 3.06. The second kappa shape index (κ2) is 7.07. The SMILES string of the molecule is CCC[C@H](O)[C@H](N)c1ccc(F)cc1Cl.Cl. The number of aliphatic hydroxyl groups excluding tert-OH is 1. The van der Waals surface area contributed by atoms with Crippen molar-refractivity contribution in [3.63, 3.8) is 0 Å². The molecular formula is C11H16Cl2FNO. The lowest BCUT2D eigenvalue weighted by molar-refractivity contribution is 0.134. The summed E-state index contributed by atoms with van der Waals surface area (Å²) in [5, 5.41) is 9.95. The molecule has 0 aromatic heterocycles. The zero-order valence-corrected chi connectivity index (χ0v) is 10.6. The Morgan fingerprint density at radius 2 is 2.12 bits per heavy atom. The van der Waals surface area contributed by atoms with Gasteiger partial charge in [0.15, 0.2) is 0 Å². The molecule has 0 aliphatic rings. The summed E-state index contributed by atoms with van der Waals surface area (Å²) in [5.41, 5.74) is 6.40. The topological polar surface area (TPSA) is 46.2 Å². The number of nitrogens with two attached hydrogens (primary N) is 1. The average Bonchev–Trinajstić information content (AvgIpc) is 2.17. The Morgan fingerprint density at radius 1 is 1.50 bits per heavy atom. The van der Waals surface area contributed by atoms with Crippen molar-refractivity contribution in [3.8, 4) is 0 Å². The minimum Gasteiger partial charge on any atom is -0.391 e. The third-order valence-corrected chi connectivity index (χ3v) is 2.65. The highest BCUT2D eigenvalue weighted by Crippen LogP contribution is 2.25. The number of rotatable bonds is 4. The highest BCUT2D eigenvalue weighted by atomic mass is 35.5. The third kappa shape index (κ3) is 3.91. The quantitative estimate of drug-likeness (QED) is 0.881. The van der Waals surface area contributed by atoms with Crippen molar-refractivity contribution in [3.05, 3.63) is 34.6 Å². The molecule has 92 valence electrons. The maximum absolute atomic E-state index is 12.8. The van der Waals surface area contributed by atoms with Crippen molar-refractivity contribution in [1.29, 1.82) is 0 Å². The summed E-state index contributed by atoms with van der Waals surface area (Å²) in [6, 6.07) is 3.45. The van der Waals surface area contributed by atoms with Crippen LogP contribution in [0.1, 0.15) is 31.4 Å². The molecule has 0 unspecified atom stereocenters. The van der Waals surface area contributed by atoms with Crippen LogP contribution in [0.15, 0.2) is 18.2 Å². The van der Waals surface area contributed by atoms with Crippen LogP contribution in [0.4, 0.5) is 4.39 Å². The monoisotopic (exact) mass is 267 g/mol. The van der Waals surface area contributed by atoms with Crippen molar-refractivity contribution < 1.29 is 9.50 Å². The molecule has 0 fully saturated rings. The molecule has 0 saturated heterocycles. The first kappa shape index (κ1) is 15.7. The van der Waals surface area contributed by atoms with Gasteiger partial charge < -0.3 is 10.8 Å². The standard InChI is InChI=1S/C11H15ClFNO.ClH/c1-2-3-10(15)11(14)8-5-4-7(13)6-9(8)12;/h4-6,10-11,15H,2-3,14H2,1H3;1H/t10-,11+;/m0./s1. The smallest absolute Gasteiger partial charge is 0.124 e. The molecule has 3 N–H and O–H groups in total. The van der Waals surface area contributed by atoms with E-state index in [4.69, 9.17) is 17.3 Å². The largest absolute Gasteiger partial charge is 0.391 e. The van der Waals surface area contributed by atoms with Crippen LogP contribution < -0.4 is 5.73 Å². The van der Waals surface area contributed by atoms with Crippen LogP contribution in [-0.4, -0.2) is 11.2 Å². The Kier molecular flexibility index (Phi) is 6.91. The molecule has 2 atom stereocenters. The van der Waals surface area contributed by atoms with Gasteiger partial charge in [0.2, 0.25) is 0 Å². The van der Waals surface area contributed by atoms with E-state index in [1.807, 2.05) is 6.92 Å². The van der Waals surface area contributed by atoms with Crippen LogP contribution in [0, 0.1) is 5.82 Å². The fraction of sp³-hybridized carbons (Fsp3) is 0.455. The molecule has 0 saturated carbocycles. The van der Waals surface area contributed by atoms with Crippen molar-refractivity contribution in [1.82, 2.24) is 0 Å². The van der Waals surface area contributed by atoms with Gasteiger partial charge in [-0.3, -0.25) is 0 Å². The van der Waals surface area contributed by atoms with E-state index in [-0.39, 0.29) is 17.4 Å². The lowest BCUT2D eigenvalue weighted by Gasteiger charge is -2.19. The van der Waals surface area contributed by atoms with E-state index in [1.54, 1.807) is 0 Å². The molecule has 2 nitrogen and oxygen atoms in total. The molecule has 0 amide bonds. The maximum atomic E-state index is 12.8.